The largest absolute Gasteiger partial charge is 0.353 e. The van der Waals surface area contributed by atoms with Crippen LogP contribution in [0.1, 0.15) is 59.3 Å². The summed E-state index contributed by atoms with van der Waals surface area (Å²) in [5.41, 5.74) is 5.91. The molecule has 1 rings (SSSR count). The van der Waals surface area contributed by atoms with Gasteiger partial charge in [0.15, 0.2) is 0 Å². The summed E-state index contributed by atoms with van der Waals surface area (Å²) in [6, 6.07) is -0.216. The third-order valence-corrected chi connectivity index (χ3v) is 4.13. The number of likely N-dealkylation sites (tertiary alicyclic amines) is 1. The van der Waals surface area contributed by atoms with E-state index in [9.17, 15) is 9.59 Å². The van der Waals surface area contributed by atoms with Crippen LogP contribution < -0.4 is 11.1 Å². The Labute approximate surface area is 128 Å². The highest BCUT2D eigenvalue weighted by Gasteiger charge is 2.30. The summed E-state index contributed by atoms with van der Waals surface area (Å²) in [7, 11) is 0. The van der Waals surface area contributed by atoms with Crippen molar-refractivity contribution in [1.29, 1.82) is 0 Å². The molecule has 0 aliphatic carbocycles. The predicted octanol–water partition coefficient (Wildman–Crippen LogP) is 1.66. The Hall–Kier alpha value is -1.10. The highest BCUT2D eigenvalue weighted by molar-refractivity contribution is 5.84. The third kappa shape index (κ3) is 5.65. The minimum atomic E-state index is -0.421. The van der Waals surface area contributed by atoms with Crippen molar-refractivity contribution in [1.82, 2.24) is 10.2 Å². The van der Waals surface area contributed by atoms with Crippen LogP contribution in [-0.2, 0) is 9.59 Å². The van der Waals surface area contributed by atoms with Crippen molar-refractivity contribution >= 4 is 11.8 Å². The SMILES string of the molecule is CCCC(C)NC(=O)C1CCCN(C(=O)C(N)CCC)C1. The fourth-order valence-corrected chi connectivity index (χ4v) is 2.93. The number of hydrogen-bond acceptors (Lipinski definition) is 3. The van der Waals surface area contributed by atoms with Gasteiger partial charge in [0.1, 0.15) is 0 Å². The molecule has 0 spiro atoms. The molecule has 0 radical (unpaired) electrons. The first kappa shape index (κ1) is 18.0. The lowest BCUT2D eigenvalue weighted by atomic mass is 9.95. The van der Waals surface area contributed by atoms with E-state index in [0.29, 0.717) is 13.0 Å². The predicted molar refractivity (Wildman–Crippen MR) is 84.7 cm³/mol. The van der Waals surface area contributed by atoms with Crippen LogP contribution in [0.4, 0.5) is 0 Å². The second kappa shape index (κ2) is 9.03. The van der Waals surface area contributed by atoms with Crippen LogP contribution in [0.15, 0.2) is 0 Å². The molecule has 3 atom stereocenters. The molecule has 5 heteroatoms. The summed E-state index contributed by atoms with van der Waals surface area (Å²) in [5, 5.41) is 3.06. The van der Waals surface area contributed by atoms with Crippen molar-refractivity contribution in [2.45, 2.75) is 71.4 Å². The molecule has 0 aromatic rings. The Kier molecular flexibility index (Phi) is 7.72. The number of nitrogens with zero attached hydrogens (tertiary/aromatic N) is 1. The zero-order valence-electron chi connectivity index (χ0n) is 13.7. The summed E-state index contributed by atoms with van der Waals surface area (Å²) in [5.74, 6) is -0.00991. The molecule has 0 saturated carbocycles. The van der Waals surface area contributed by atoms with Crippen molar-refractivity contribution in [3.63, 3.8) is 0 Å². The van der Waals surface area contributed by atoms with E-state index in [4.69, 9.17) is 5.73 Å². The van der Waals surface area contributed by atoms with Crippen molar-refractivity contribution in [3.8, 4) is 0 Å². The van der Waals surface area contributed by atoms with E-state index in [1.165, 1.54) is 0 Å². The smallest absolute Gasteiger partial charge is 0.239 e. The van der Waals surface area contributed by atoms with Crippen LogP contribution in [0.5, 0.6) is 0 Å². The van der Waals surface area contributed by atoms with E-state index in [1.54, 1.807) is 4.90 Å². The van der Waals surface area contributed by atoms with Crippen LogP contribution in [0.2, 0.25) is 0 Å². The first-order valence-corrected chi connectivity index (χ1v) is 8.34. The van der Waals surface area contributed by atoms with Gasteiger partial charge in [-0.25, -0.2) is 0 Å². The topological polar surface area (TPSA) is 75.4 Å². The molecule has 122 valence electrons. The summed E-state index contributed by atoms with van der Waals surface area (Å²) in [6.07, 6.45) is 5.40. The minimum absolute atomic E-state index is 0.00374. The van der Waals surface area contributed by atoms with E-state index >= 15 is 0 Å². The molecule has 1 aliphatic rings. The van der Waals surface area contributed by atoms with Gasteiger partial charge in [0.2, 0.25) is 11.8 Å². The first-order valence-electron chi connectivity index (χ1n) is 8.34. The van der Waals surface area contributed by atoms with Crippen molar-refractivity contribution < 1.29 is 9.59 Å². The van der Waals surface area contributed by atoms with E-state index in [0.717, 1.165) is 38.6 Å². The zero-order chi connectivity index (χ0) is 15.8. The van der Waals surface area contributed by atoms with Crippen LogP contribution >= 0.6 is 0 Å². The molecule has 0 aromatic carbocycles. The molecule has 0 aromatic heterocycles. The van der Waals surface area contributed by atoms with Crippen molar-refractivity contribution in [2.75, 3.05) is 13.1 Å². The van der Waals surface area contributed by atoms with Crippen LogP contribution in [0.3, 0.4) is 0 Å². The highest BCUT2D eigenvalue weighted by Crippen LogP contribution is 2.18. The van der Waals surface area contributed by atoms with Crippen LogP contribution in [0, 0.1) is 5.92 Å². The maximum absolute atomic E-state index is 12.3. The molecule has 5 nitrogen and oxygen atoms in total. The fraction of sp³-hybridized carbons (Fsp3) is 0.875. The van der Waals surface area contributed by atoms with Gasteiger partial charge in [-0.2, -0.15) is 0 Å². The van der Waals surface area contributed by atoms with Gasteiger partial charge in [-0.1, -0.05) is 26.7 Å². The lowest BCUT2D eigenvalue weighted by Crippen LogP contribution is -2.51. The zero-order valence-corrected chi connectivity index (χ0v) is 13.7. The third-order valence-electron chi connectivity index (χ3n) is 4.13. The second-order valence-electron chi connectivity index (χ2n) is 6.22. The Bertz CT molecular complexity index is 346. The lowest BCUT2D eigenvalue weighted by Gasteiger charge is -2.34. The Balaban J connectivity index is 2.51. The van der Waals surface area contributed by atoms with Gasteiger partial charge in [-0.3, -0.25) is 9.59 Å². The molecular weight excluding hydrogens is 266 g/mol. The summed E-state index contributed by atoms with van der Waals surface area (Å²) < 4.78 is 0. The highest BCUT2D eigenvalue weighted by atomic mass is 16.2. The van der Waals surface area contributed by atoms with Gasteiger partial charge in [-0.15, -0.1) is 0 Å². The van der Waals surface area contributed by atoms with Crippen molar-refractivity contribution in [2.24, 2.45) is 11.7 Å². The molecule has 21 heavy (non-hydrogen) atoms. The minimum Gasteiger partial charge on any atom is -0.353 e. The number of piperidine rings is 1. The summed E-state index contributed by atoms with van der Waals surface area (Å²) in [6.45, 7) is 7.41. The summed E-state index contributed by atoms with van der Waals surface area (Å²) >= 11 is 0. The van der Waals surface area contributed by atoms with Gasteiger partial charge >= 0.3 is 0 Å². The van der Waals surface area contributed by atoms with Gasteiger partial charge in [0, 0.05) is 19.1 Å². The van der Waals surface area contributed by atoms with Crippen LogP contribution in [-0.4, -0.2) is 41.9 Å². The van der Waals surface area contributed by atoms with E-state index < -0.39 is 6.04 Å². The standard InChI is InChI=1S/C16H31N3O2/c1-4-7-12(3)18-15(20)13-9-6-10-19(11-13)16(21)14(17)8-5-2/h12-14H,4-11,17H2,1-3H3,(H,18,20). The lowest BCUT2D eigenvalue weighted by molar-refractivity contribution is -0.137. The fourth-order valence-electron chi connectivity index (χ4n) is 2.93. The molecule has 1 aliphatic heterocycles. The molecule has 0 bridgehead atoms. The van der Waals surface area contributed by atoms with E-state index in [-0.39, 0.29) is 23.8 Å². The quantitative estimate of drug-likeness (QED) is 0.750. The molecule has 3 N–H and O–H groups in total. The van der Waals surface area contributed by atoms with E-state index in [1.807, 2.05) is 13.8 Å². The average Bonchev–Trinajstić information content (AvgIpc) is 2.47. The second-order valence-corrected chi connectivity index (χ2v) is 6.22. The number of hydrogen-bond donors (Lipinski definition) is 2. The average molecular weight is 297 g/mol. The molecule has 1 saturated heterocycles. The van der Waals surface area contributed by atoms with Crippen molar-refractivity contribution in [3.05, 3.63) is 0 Å². The number of carbonyl (C=O) groups excluding carboxylic acids is 2. The summed E-state index contributed by atoms with van der Waals surface area (Å²) in [4.78, 5) is 26.3. The molecular formula is C16H31N3O2. The monoisotopic (exact) mass is 297 g/mol. The first-order chi connectivity index (χ1) is 9.99. The molecule has 1 fully saturated rings. The maximum atomic E-state index is 12.3. The Morgan fingerprint density at radius 3 is 2.57 bits per heavy atom. The van der Waals surface area contributed by atoms with Gasteiger partial charge in [0.05, 0.1) is 12.0 Å². The molecule has 1 heterocycles. The Morgan fingerprint density at radius 2 is 1.95 bits per heavy atom. The number of amides is 2. The Morgan fingerprint density at radius 1 is 1.29 bits per heavy atom. The van der Waals surface area contributed by atoms with E-state index in [2.05, 4.69) is 12.2 Å². The number of nitrogens with two attached hydrogens (primary N) is 1. The maximum Gasteiger partial charge on any atom is 0.239 e. The number of carbonyl (C=O) groups is 2. The van der Waals surface area contributed by atoms with Crippen LogP contribution in [0.25, 0.3) is 0 Å². The van der Waals surface area contributed by atoms with Gasteiger partial charge in [0.25, 0.3) is 0 Å². The van der Waals surface area contributed by atoms with Gasteiger partial charge < -0.3 is 16.0 Å². The normalized spacial score (nSPS) is 21.7. The number of rotatable bonds is 7. The molecule has 3 unspecified atom stereocenters. The molecule has 2 amide bonds. The number of nitrogens with one attached hydrogen (secondary N) is 1. The van der Waals surface area contributed by atoms with Gasteiger partial charge in [-0.05, 0) is 32.6 Å².